The lowest BCUT2D eigenvalue weighted by molar-refractivity contribution is 0.192. The molecule has 0 saturated carbocycles. The summed E-state index contributed by atoms with van der Waals surface area (Å²) in [6.07, 6.45) is -0.559. The van der Waals surface area contributed by atoms with Crippen LogP contribution < -0.4 is 11.1 Å². The maximum atomic E-state index is 10.0. The van der Waals surface area contributed by atoms with Crippen LogP contribution in [0.2, 0.25) is 0 Å². The van der Waals surface area contributed by atoms with E-state index >= 15 is 0 Å². The molecule has 3 rings (SSSR count). The fourth-order valence-electron chi connectivity index (χ4n) is 1.78. The highest BCUT2D eigenvalue weighted by atomic mass is 32.1. The van der Waals surface area contributed by atoms with Crippen LogP contribution in [0.1, 0.15) is 11.7 Å². The molecule has 0 radical (unpaired) electrons. The molecule has 1 atom stereocenters. The molecule has 7 heteroatoms. The van der Waals surface area contributed by atoms with Crippen molar-refractivity contribution in [2.75, 3.05) is 17.6 Å². The number of nitrogen functional groups attached to an aromatic ring is 1. The highest BCUT2D eigenvalue weighted by Crippen LogP contribution is 2.26. The third kappa shape index (κ3) is 2.53. The van der Waals surface area contributed by atoms with E-state index in [0.717, 1.165) is 15.8 Å². The zero-order valence-electron chi connectivity index (χ0n) is 9.91. The minimum absolute atomic E-state index is 0.238. The highest BCUT2D eigenvalue weighted by Gasteiger charge is 2.11. The van der Waals surface area contributed by atoms with Gasteiger partial charge in [-0.15, -0.1) is 11.3 Å². The number of hydrogen-bond donors (Lipinski definition) is 3. The van der Waals surface area contributed by atoms with Gasteiger partial charge in [0.15, 0.2) is 0 Å². The van der Waals surface area contributed by atoms with Crippen molar-refractivity contribution < 1.29 is 5.11 Å². The second-order valence-corrected chi connectivity index (χ2v) is 5.70. The number of nitrogens with one attached hydrogen (secondary N) is 1. The molecule has 0 bridgehead atoms. The van der Waals surface area contributed by atoms with Crippen molar-refractivity contribution in [3.05, 3.63) is 33.8 Å². The third-order valence-electron chi connectivity index (χ3n) is 2.73. The van der Waals surface area contributed by atoms with Gasteiger partial charge in [-0.05, 0) is 33.8 Å². The van der Waals surface area contributed by atoms with Gasteiger partial charge in [0.25, 0.3) is 0 Å². The van der Waals surface area contributed by atoms with Crippen LogP contribution in [0.4, 0.5) is 11.8 Å². The number of rotatable bonds is 4. The predicted octanol–water partition coefficient (Wildman–Crippen LogP) is 2.48. The Hall–Kier alpha value is -1.70. The van der Waals surface area contributed by atoms with E-state index in [1.54, 1.807) is 11.3 Å². The molecular weight excluding hydrogens is 280 g/mol. The van der Waals surface area contributed by atoms with Crippen molar-refractivity contribution in [3.8, 4) is 0 Å². The molecular formula is C12H12N4OS2. The lowest BCUT2D eigenvalue weighted by atomic mass is 10.2. The number of aromatic nitrogens is 2. The molecule has 3 aromatic rings. The summed E-state index contributed by atoms with van der Waals surface area (Å²) in [6.45, 7) is 0.387. The van der Waals surface area contributed by atoms with Gasteiger partial charge in [0, 0.05) is 6.54 Å². The smallest absolute Gasteiger partial charge is 0.223 e. The van der Waals surface area contributed by atoms with E-state index < -0.39 is 6.10 Å². The minimum atomic E-state index is -0.559. The van der Waals surface area contributed by atoms with Crippen molar-refractivity contribution >= 4 is 44.7 Å². The summed E-state index contributed by atoms with van der Waals surface area (Å²) < 4.78 is 0. The molecule has 5 nitrogen and oxygen atoms in total. The molecule has 0 saturated heterocycles. The first-order valence-electron chi connectivity index (χ1n) is 5.69. The lowest BCUT2D eigenvalue weighted by Crippen LogP contribution is -2.13. The first kappa shape index (κ1) is 12.3. The highest BCUT2D eigenvalue weighted by molar-refractivity contribution is 7.16. The van der Waals surface area contributed by atoms with E-state index in [-0.39, 0.29) is 5.95 Å². The number of anilines is 2. The Kier molecular flexibility index (Phi) is 3.33. The topological polar surface area (TPSA) is 84.1 Å². The Bertz CT molecular complexity index is 680. The molecule has 3 aromatic heterocycles. The van der Waals surface area contributed by atoms with Gasteiger partial charge < -0.3 is 16.2 Å². The maximum Gasteiger partial charge on any atom is 0.223 e. The van der Waals surface area contributed by atoms with Gasteiger partial charge in [-0.2, -0.15) is 16.3 Å². The molecule has 19 heavy (non-hydrogen) atoms. The molecule has 0 spiro atoms. The summed E-state index contributed by atoms with van der Waals surface area (Å²) >= 11 is 3.08. The molecule has 0 aromatic carbocycles. The second-order valence-electron chi connectivity index (χ2n) is 4.02. The fraction of sp³-hybridized carbons (Fsp3) is 0.167. The third-order valence-corrected chi connectivity index (χ3v) is 4.24. The van der Waals surface area contributed by atoms with Crippen LogP contribution in [0.15, 0.2) is 28.3 Å². The van der Waals surface area contributed by atoms with Crippen LogP contribution in [0.25, 0.3) is 10.2 Å². The standard InChI is InChI=1S/C12H12N4OS2/c13-12-15-10(8-2-4-19-11(8)16-12)14-5-9(17)7-1-3-18-6-7/h1-4,6,9,17H,5H2,(H3,13,14,15,16). The number of aliphatic hydroxyl groups is 1. The summed E-state index contributed by atoms with van der Waals surface area (Å²) in [4.78, 5) is 9.19. The average Bonchev–Trinajstić information content (AvgIpc) is 3.05. The van der Waals surface area contributed by atoms with Crippen molar-refractivity contribution in [2.24, 2.45) is 0 Å². The largest absolute Gasteiger partial charge is 0.387 e. The van der Waals surface area contributed by atoms with Gasteiger partial charge in [0.1, 0.15) is 10.6 Å². The Labute approximate surface area is 117 Å². The Balaban J connectivity index is 1.80. The SMILES string of the molecule is Nc1nc(NCC(O)c2ccsc2)c2ccsc2n1. The summed E-state index contributed by atoms with van der Waals surface area (Å²) in [5.74, 6) is 0.903. The monoisotopic (exact) mass is 292 g/mol. The molecule has 0 aliphatic rings. The number of fused-ring (bicyclic) bond motifs is 1. The number of hydrogen-bond acceptors (Lipinski definition) is 7. The number of thiophene rings is 2. The van der Waals surface area contributed by atoms with Gasteiger partial charge in [0.2, 0.25) is 5.95 Å². The summed E-state index contributed by atoms with van der Waals surface area (Å²) in [7, 11) is 0. The first-order valence-corrected chi connectivity index (χ1v) is 7.51. The average molecular weight is 292 g/mol. The second kappa shape index (κ2) is 5.12. The fourth-order valence-corrected chi connectivity index (χ4v) is 3.26. The van der Waals surface area contributed by atoms with E-state index in [4.69, 9.17) is 5.73 Å². The van der Waals surface area contributed by atoms with Crippen molar-refractivity contribution in [1.82, 2.24) is 9.97 Å². The molecule has 0 aliphatic carbocycles. The zero-order chi connectivity index (χ0) is 13.2. The van der Waals surface area contributed by atoms with Crippen LogP contribution in [0, 0.1) is 0 Å². The normalized spacial score (nSPS) is 12.7. The Morgan fingerprint density at radius 3 is 3.00 bits per heavy atom. The van der Waals surface area contributed by atoms with Gasteiger partial charge in [0.05, 0.1) is 11.5 Å². The van der Waals surface area contributed by atoms with Gasteiger partial charge >= 0.3 is 0 Å². The van der Waals surface area contributed by atoms with Gasteiger partial charge in [-0.1, -0.05) is 0 Å². The molecule has 0 amide bonds. The van der Waals surface area contributed by atoms with E-state index in [0.29, 0.717) is 12.4 Å². The van der Waals surface area contributed by atoms with Gasteiger partial charge in [-0.3, -0.25) is 0 Å². The van der Waals surface area contributed by atoms with Crippen LogP contribution in [0.3, 0.4) is 0 Å². The number of aliphatic hydroxyl groups excluding tert-OH is 1. The Morgan fingerprint density at radius 1 is 1.32 bits per heavy atom. The van der Waals surface area contributed by atoms with Crippen LogP contribution >= 0.6 is 22.7 Å². The van der Waals surface area contributed by atoms with Crippen LogP contribution in [-0.4, -0.2) is 21.6 Å². The van der Waals surface area contributed by atoms with Crippen molar-refractivity contribution in [1.29, 1.82) is 0 Å². The zero-order valence-corrected chi connectivity index (χ0v) is 11.5. The van der Waals surface area contributed by atoms with Crippen LogP contribution in [-0.2, 0) is 0 Å². The van der Waals surface area contributed by atoms with E-state index in [1.807, 2.05) is 28.3 Å². The molecule has 0 fully saturated rings. The van der Waals surface area contributed by atoms with Crippen molar-refractivity contribution in [2.45, 2.75) is 6.10 Å². The Morgan fingerprint density at radius 2 is 2.21 bits per heavy atom. The molecule has 98 valence electrons. The molecule has 4 N–H and O–H groups in total. The van der Waals surface area contributed by atoms with E-state index in [2.05, 4.69) is 15.3 Å². The molecule has 1 unspecified atom stereocenters. The minimum Gasteiger partial charge on any atom is -0.387 e. The molecule has 3 heterocycles. The van der Waals surface area contributed by atoms with Gasteiger partial charge in [-0.25, -0.2) is 4.98 Å². The summed E-state index contributed by atoms with van der Waals surface area (Å²) in [5, 5.41) is 19.9. The van der Waals surface area contributed by atoms with Crippen LogP contribution in [0.5, 0.6) is 0 Å². The first-order chi connectivity index (χ1) is 9.24. The van der Waals surface area contributed by atoms with E-state index in [1.165, 1.54) is 11.3 Å². The van der Waals surface area contributed by atoms with Crippen molar-refractivity contribution in [3.63, 3.8) is 0 Å². The summed E-state index contributed by atoms with van der Waals surface area (Å²) in [5.41, 5.74) is 6.57. The predicted molar refractivity (Wildman–Crippen MR) is 79.6 cm³/mol. The molecule has 0 aliphatic heterocycles. The summed E-state index contributed by atoms with van der Waals surface area (Å²) in [6, 6.07) is 3.85. The van der Waals surface area contributed by atoms with E-state index in [9.17, 15) is 5.11 Å². The number of nitrogens with zero attached hydrogens (tertiary/aromatic N) is 2. The number of nitrogens with two attached hydrogens (primary N) is 1. The maximum absolute atomic E-state index is 10.0. The lowest BCUT2D eigenvalue weighted by Gasteiger charge is -2.11. The quantitative estimate of drug-likeness (QED) is 0.688.